The number of piperidine rings is 1. The Morgan fingerprint density at radius 3 is 3.00 bits per heavy atom. The topological polar surface area (TPSA) is 75.5 Å². The van der Waals surface area contributed by atoms with Gasteiger partial charge in [0.1, 0.15) is 11.6 Å². The van der Waals surface area contributed by atoms with Gasteiger partial charge in [0, 0.05) is 30.8 Å². The van der Waals surface area contributed by atoms with Crippen LogP contribution in [0.1, 0.15) is 41.4 Å². The average molecular weight is 355 g/mol. The van der Waals surface area contributed by atoms with E-state index in [1.807, 2.05) is 43.0 Å². The van der Waals surface area contributed by atoms with Crippen LogP contribution in [0.4, 0.5) is 0 Å². The van der Waals surface area contributed by atoms with Gasteiger partial charge in [-0.2, -0.15) is 0 Å². The van der Waals surface area contributed by atoms with E-state index in [9.17, 15) is 9.90 Å². The van der Waals surface area contributed by atoms with Crippen LogP contribution in [-0.2, 0) is 11.4 Å². The largest absolute Gasteiger partial charge is 0.484 e. The fourth-order valence-corrected chi connectivity index (χ4v) is 3.36. The van der Waals surface area contributed by atoms with Crippen molar-refractivity contribution in [3.63, 3.8) is 0 Å². The number of carbonyl (C=O) groups excluding carboxylic acids is 1. The molecule has 0 bridgehead atoms. The van der Waals surface area contributed by atoms with Crippen LogP contribution in [0.15, 0.2) is 30.5 Å². The molecule has 1 atom stereocenters. The van der Waals surface area contributed by atoms with Crippen LogP contribution in [0.2, 0.25) is 0 Å². The lowest BCUT2D eigenvalue weighted by atomic mass is 9.92. The number of hydrogen-bond acceptors (Lipinski definition) is 5. The number of aliphatic hydroxyl groups excluding tert-OH is 1. The Hall–Kier alpha value is -2.47. The van der Waals surface area contributed by atoms with Crippen molar-refractivity contribution in [2.24, 2.45) is 0 Å². The summed E-state index contributed by atoms with van der Waals surface area (Å²) in [7, 11) is 0. The van der Waals surface area contributed by atoms with Crippen LogP contribution in [0.5, 0.6) is 5.75 Å². The summed E-state index contributed by atoms with van der Waals surface area (Å²) >= 11 is 0. The zero-order valence-electron chi connectivity index (χ0n) is 15.3. The van der Waals surface area contributed by atoms with Crippen molar-refractivity contribution in [2.75, 3.05) is 19.7 Å². The second-order valence-corrected chi connectivity index (χ2v) is 6.77. The van der Waals surface area contributed by atoms with Crippen molar-refractivity contribution in [1.82, 2.24) is 14.9 Å². The molecular formula is C20H25N3O3. The second kappa shape index (κ2) is 8.27. The first kappa shape index (κ1) is 18.3. The van der Waals surface area contributed by atoms with E-state index in [0.29, 0.717) is 18.1 Å². The predicted molar refractivity (Wildman–Crippen MR) is 97.9 cm³/mol. The first-order valence-electron chi connectivity index (χ1n) is 8.97. The predicted octanol–water partition coefficient (Wildman–Crippen LogP) is 2.37. The highest BCUT2D eigenvalue weighted by Gasteiger charge is 2.27. The molecule has 1 N–H and O–H groups in total. The number of aliphatic hydroxyl groups is 1. The number of carbonyl (C=O) groups is 1. The molecule has 2 heterocycles. The molecule has 3 rings (SSSR count). The first-order valence-corrected chi connectivity index (χ1v) is 8.97. The van der Waals surface area contributed by atoms with Crippen LogP contribution in [0.3, 0.4) is 0 Å². The number of aryl methyl sites for hydroxylation is 2. The fourth-order valence-electron chi connectivity index (χ4n) is 3.36. The molecule has 1 unspecified atom stereocenters. The number of likely N-dealkylation sites (tertiary alicyclic amines) is 1. The monoisotopic (exact) mass is 355 g/mol. The normalized spacial score (nSPS) is 17.2. The number of hydrogen-bond donors (Lipinski definition) is 1. The van der Waals surface area contributed by atoms with Crippen LogP contribution in [0.25, 0.3) is 0 Å². The molecular weight excluding hydrogens is 330 g/mol. The Morgan fingerprint density at radius 2 is 2.23 bits per heavy atom. The number of rotatable bonds is 5. The molecule has 6 heteroatoms. The number of nitrogens with zero attached hydrogens (tertiary/aromatic N) is 3. The quantitative estimate of drug-likeness (QED) is 0.891. The molecule has 1 aliphatic heterocycles. The molecule has 6 nitrogen and oxygen atoms in total. The highest BCUT2D eigenvalue weighted by atomic mass is 16.5. The highest BCUT2D eigenvalue weighted by molar-refractivity contribution is 5.78. The van der Waals surface area contributed by atoms with Crippen LogP contribution in [-0.4, -0.2) is 45.6 Å². The van der Waals surface area contributed by atoms with E-state index in [2.05, 4.69) is 9.97 Å². The molecule has 0 radical (unpaired) electrons. The van der Waals surface area contributed by atoms with E-state index in [4.69, 9.17) is 4.74 Å². The molecule has 0 spiro atoms. The highest BCUT2D eigenvalue weighted by Crippen LogP contribution is 2.28. The van der Waals surface area contributed by atoms with E-state index in [0.717, 1.165) is 36.2 Å². The lowest BCUT2D eigenvalue weighted by Crippen LogP contribution is -2.42. The summed E-state index contributed by atoms with van der Waals surface area (Å²) in [4.78, 5) is 23.1. The summed E-state index contributed by atoms with van der Waals surface area (Å²) in [5.74, 6) is 1.49. The minimum Gasteiger partial charge on any atom is -0.484 e. The maximum Gasteiger partial charge on any atom is 0.260 e. The Balaban J connectivity index is 1.64. The van der Waals surface area contributed by atoms with Gasteiger partial charge in [-0.25, -0.2) is 9.97 Å². The van der Waals surface area contributed by atoms with Crippen molar-refractivity contribution in [3.8, 4) is 5.75 Å². The van der Waals surface area contributed by atoms with Crippen molar-refractivity contribution >= 4 is 5.91 Å². The molecule has 1 aromatic carbocycles. The van der Waals surface area contributed by atoms with E-state index in [-0.39, 0.29) is 25.0 Å². The van der Waals surface area contributed by atoms with Gasteiger partial charge in [0.2, 0.25) is 0 Å². The Labute approximate surface area is 153 Å². The van der Waals surface area contributed by atoms with Gasteiger partial charge in [-0.05, 0) is 44.4 Å². The van der Waals surface area contributed by atoms with Gasteiger partial charge >= 0.3 is 0 Å². The maximum atomic E-state index is 12.6. The minimum atomic E-state index is -0.0868. The molecule has 26 heavy (non-hydrogen) atoms. The van der Waals surface area contributed by atoms with Gasteiger partial charge in [-0.1, -0.05) is 12.1 Å². The zero-order valence-corrected chi connectivity index (χ0v) is 15.3. The van der Waals surface area contributed by atoms with Gasteiger partial charge < -0.3 is 14.7 Å². The minimum absolute atomic E-state index is 0.0208. The summed E-state index contributed by atoms with van der Waals surface area (Å²) in [5, 5.41) is 9.57. The molecule has 2 aromatic rings. The molecule has 1 aromatic heterocycles. The molecule has 0 aliphatic carbocycles. The molecule has 1 saturated heterocycles. The van der Waals surface area contributed by atoms with E-state index in [1.54, 1.807) is 6.20 Å². The van der Waals surface area contributed by atoms with Gasteiger partial charge in [0.15, 0.2) is 6.61 Å². The Kier molecular flexibility index (Phi) is 5.83. The Bertz CT molecular complexity index is 779. The SMILES string of the molecule is Cc1cccc(OCC(=O)N2CCCC(c3nc(C)ncc3CO)C2)c1. The lowest BCUT2D eigenvalue weighted by molar-refractivity contribution is -0.134. The van der Waals surface area contributed by atoms with Crippen molar-refractivity contribution < 1.29 is 14.6 Å². The van der Waals surface area contributed by atoms with E-state index in [1.165, 1.54) is 0 Å². The average Bonchev–Trinajstić information content (AvgIpc) is 2.66. The summed E-state index contributed by atoms with van der Waals surface area (Å²) < 4.78 is 5.65. The first-order chi connectivity index (χ1) is 12.6. The van der Waals surface area contributed by atoms with Crippen molar-refractivity contribution in [1.29, 1.82) is 0 Å². The molecule has 1 fully saturated rings. The van der Waals surface area contributed by atoms with Crippen LogP contribution >= 0.6 is 0 Å². The molecule has 0 saturated carbocycles. The number of aromatic nitrogens is 2. The van der Waals surface area contributed by atoms with Gasteiger partial charge in [-0.15, -0.1) is 0 Å². The summed E-state index contributed by atoms with van der Waals surface area (Å²) in [5.41, 5.74) is 2.70. The third-order valence-corrected chi connectivity index (χ3v) is 4.70. The van der Waals surface area contributed by atoms with Gasteiger partial charge in [0.05, 0.1) is 12.3 Å². The lowest BCUT2D eigenvalue weighted by Gasteiger charge is -2.33. The van der Waals surface area contributed by atoms with Gasteiger partial charge in [-0.3, -0.25) is 4.79 Å². The third-order valence-electron chi connectivity index (χ3n) is 4.70. The summed E-state index contributed by atoms with van der Waals surface area (Å²) in [6.45, 7) is 5.10. The maximum absolute atomic E-state index is 12.6. The van der Waals surface area contributed by atoms with Gasteiger partial charge in [0.25, 0.3) is 5.91 Å². The van der Waals surface area contributed by atoms with Crippen molar-refractivity contribution in [3.05, 3.63) is 53.1 Å². The number of ether oxygens (including phenoxy) is 1. The molecule has 138 valence electrons. The summed E-state index contributed by atoms with van der Waals surface area (Å²) in [6.07, 6.45) is 3.54. The van der Waals surface area contributed by atoms with Crippen LogP contribution in [0, 0.1) is 13.8 Å². The number of benzene rings is 1. The second-order valence-electron chi connectivity index (χ2n) is 6.77. The Morgan fingerprint density at radius 1 is 1.38 bits per heavy atom. The van der Waals surface area contributed by atoms with E-state index >= 15 is 0 Å². The van der Waals surface area contributed by atoms with Crippen LogP contribution < -0.4 is 4.74 Å². The number of amides is 1. The summed E-state index contributed by atoms with van der Waals surface area (Å²) in [6, 6.07) is 7.69. The standard InChI is InChI=1S/C20H25N3O3/c1-14-5-3-7-18(9-14)26-13-19(25)23-8-4-6-16(11-23)20-17(12-24)10-21-15(2)22-20/h3,5,7,9-10,16,24H,4,6,8,11-13H2,1-2H3. The smallest absolute Gasteiger partial charge is 0.260 e. The molecule has 1 aliphatic rings. The van der Waals surface area contributed by atoms with E-state index < -0.39 is 0 Å². The molecule has 1 amide bonds. The fraction of sp³-hybridized carbons (Fsp3) is 0.450. The van der Waals surface area contributed by atoms with Crippen molar-refractivity contribution in [2.45, 2.75) is 39.2 Å². The zero-order chi connectivity index (χ0) is 18.5. The third kappa shape index (κ3) is 4.38.